The zero-order valence-corrected chi connectivity index (χ0v) is 14.6. The largest absolute Gasteiger partial charge is 0.364 e. The van der Waals surface area contributed by atoms with Crippen molar-refractivity contribution in [3.8, 4) is 0 Å². The van der Waals surface area contributed by atoms with Crippen LogP contribution >= 0.6 is 0 Å². The maximum atomic E-state index is 14.3. The van der Waals surface area contributed by atoms with Gasteiger partial charge in [-0.3, -0.25) is 9.48 Å². The van der Waals surface area contributed by atoms with Gasteiger partial charge in [0.05, 0.1) is 0 Å². The first-order valence-electron chi connectivity index (χ1n) is 8.46. The molecule has 6 nitrogen and oxygen atoms in total. The van der Waals surface area contributed by atoms with Crippen LogP contribution in [0.25, 0.3) is 0 Å². The third-order valence-corrected chi connectivity index (χ3v) is 4.92. The van der Waals surface area contributed by atoms with E-state index in [-0.39, 0.29) is 11.5 Å². The lowest BCUT2D eigenvalue weighted by Crippen LogP contribution is -2.50. The maximum absolute atomic E-state index is 14.3. The summed E-state index contributed by atoms with van der Waals surface area (Å²) in [6.07, 6.45) is 5.11. The molecule has 0 bridgehead atoms. The smallest absolute Gasteiger partial charge is 0.259 e. The Bertz CT molecular complexity index is 722. The molecule has 3 rings (SSSR count). The molecule has 0 unspecified atom stereocenters. The maximum Gasteiger partial charge on any atom is 0.259 e. The lowest BCUT2D eigenvalue weighted by atomic mass is 9.91. The molecular weight excluding hydrogens is 323 g/mol. The average molecular weight is 346 g/mol. The van der Waals surface area contributed by atoms with Crippen LogP contribution in [0.4, 0.5) is 4.39 Å². The van der Waals surface area contributed by atoms with Gasteiger partial charge in [-0.25, -0.2) is 9.37 Å². The van der Waals surface area contributed by atoms with Gasteiger partial charge in [0.2, 0.25) is 0 Å². The molecule has 0 saturated carbocycles. The standard InChI is InChI=1S/C18H23FN4O2/c1-18(25-2,15-7-3-4-8-16(15)19)17(24)22-9-5-6-14(10-22)11-23-13-20-12-21-23/h3-4,7-8,12-14H,5-6,9-11H2,1-2H3/t14-,18-/m0/s1. The van der Waals surface area contributed by atoms with Crippen LogP contribution in [0, 0.1) is 11.7 Å². The van der Waals surface area contributed by atoms with E-state index in [4.69, 9.17) is 4.74 Å². The van der Waals surface area contributed by atoms with Crippen molar-refractivity contribution < 1.29 is 13.9 Å². The van der Waals surface area contributed by atoms with Gasteiger partial charge in [-0.15, -0.1) is 0 Å². The highest BCUT2D eigenvalue weighted by atomic mass is 19.1. The molecule has 2 atom stereocenters. The van der Waals surface area contributed by atoms with Crippen LogP contribution in [0.5, 0.6) is 0 Å². The second-order valence-electron chi connectivity index (χ2n) is 6.59. The van der Waals surface area contributed by atoms with Gasteiger partial charge < -0.3 is 9.64 Å². The van der Waals surface area contributed by atoms with Gasteiger partial charge in [0.25, 0.3) is 5.91 Å². The van der Waals surface area contributed by atoms with Gasteiger partial charge >= 0.3 is 0 Å². The molecule has 1 amide bonds. The van der Waals surface area contributed by atoms with E-state index in [1.54, 1.807) is 41.0 Å². The van der Waals surface area contributed by atoms with E-state index in [0.717, 1.165) is 12.8 Å². The Balaban J connectivity index is 1.77. The molecule has 1 aromatic carbocycles. The number of piperidine rings is 1. The van der Waals surface area contributed by atoms with Crippen LogP contribution in [0.2, 0.25) is 0 Å². The number of amides is 1. The third-order valence-electron chi connectivity index (χ3n) is 4.92. The van der Waals surface area contributed by atoms with E-state index in [1.165, 1.54) is 19.5 Å². The van der Waals surface area contributed by atoms with Crippen molar-refractivity contribution in [1.29, 1.82) is 0 Å². The number of methoxy groups -OCH3 is 1. The monoisotopic (exact) mass is 346 g/mol. The molecule has 2 aromatic rings. The second-order valence-corrected chi connectivity index (χ2v) is 6.59. The molecule has 0 aliphatic carbocycles. The molecule has 1 aromatic heterocycles. The van der Waals surface area contributed by atoms with Gasteiger partial charge in [-0.2, -0.15) is 5.10 Å². The molecule has 1 fully saturated rings. The summed E-state index contributed by atoms with van der Waals surface area (Å²) in [5.41, 5.74) is -1.07. The summed E-state index contributed by atoms with van der Waals surface area (Å²) in [5.74, 6) is -0.346. The van der Waals surface area contributed by atoms with E-state index in [9.17, 15) is 9.18 Å². The minimum Gasteiger partial charge on any atom is -0.364 e. The Labute approximate surface area is 146 Å². The Morgan fingerprint density at radius 1 is 1.44 bits per heavy atom. The first-order chi connectivity index (χ1) is 12.0. The number of ether oxygens (including phenoxy) is 1. The van der Waals surface area contributed by atoms with Crippen molar-refractivity contribution in [2.75, 3.05) is 20.2 Å². The number of hydrogen-bond donors (Lipinski definition) is 0. The minimum absolute atomic E-state index is 0.205. The van der Waals surface area contributed by atoms with E-state index in [2.05, 4.69) is 10.1 Å². The Morgan fingerprint density at radius 3 is 2.92 bits per heavy atom. The van der Waals surface area contributed by atoms with Gasteiger partial charge in [-0.1, -0.05) is 18.2 Å². The van der Waals surface area contributed by atoms with Crippen molar-refractivity contribution in [2.45, 2.75) is 31.9 Å². The number of nitrogens with zero attached hydrogens (tertiary/aromatic N) is 4. The number of carbonyl (C=O) groups excluding carboxylic acids is 1. The molecule has 134 valence electrons. The summed E-state index contributed by atoms with van der Waals surface area (Å²) in [4.78, 5) is 18.9. The van der Waals surface area contributed by atoms with E-state index in [1.807, 2.05) is 0 Å². The first-order valence-corrected chi connectivity index (χ1v) is 8.46. The summed E-state index contributed by atoms with van der Waals surface area (Å²) < 4.78 is 21.5. The number of halogens is 1. The summed E-state index contributed by atoms with van der Waals surface area (Å²) in [7, 11) is 1.45. The number of hydrogen-bond acceptors (Lipinski definition) is 4. The SMILES string of the molecule is CO[C@](C)(C(=O)N1CCC[C@H](Cn2cncn2)C1)c1ccccc1F. The lowest BCUT2D eigenvalue weighted by molar-refractivity contribution is -0.156. The van der Waals surface area contributed by atoms with Gasteiger partial charge in [0.1, 0.15) is 18.5 Å². The van der Waals surface area contributed by atoms with E-state index >= 15 is 0 Å². The molecule has 1 aliphatic heterocycles. The summed E-state index contributed by atoms with van der Waals surface area (Å²) >= 11 is 0. The first kappa shape index (κ1) is 17.5. The van der Waals surface area contributed by atoms with Crippen molar-refractivity contribution >= 4 is 5.91 Å². The molecule has 25 heavy (non-hydrogen) atoms. The van der Waals surface area contributed by atoms with Crippen molar-refractivity contribution in [1.82, 2.24) is 19.7 Å². The molecule has 0 radical (unpaired) electrons. The summed E-state index contributed by atoms with van der Waals surface area (Å²) in [6.45, 7) is 3.61. The van der Waals surface area contributed by atoms with Crippen LogP contribution in [0.1, 0.15) is 25.3 Å². The number of aromatic nitrogens is 3. The van der Waals surface area contributed by atoms with E-state index in [0.29, 0.717) is 25.6 Å². The number of likely N-dealkylation sites (tertiary alicyclic amines) is 1. The number of benzene rings is 1. The fourth-order valence-electron chi connectivity index (χ4n) is 3.45. The lowest BCUT2D eigenvalue weighted by Gasteiger charge is -2.38. The predicted molar refractivity (Wildman–Crippen MR) is 90.1 cm³/mol. The zero-order valence-electron chi connectivity index (χ0n) is 14.6. The van der Waals surface area contributed by atoms with Crippen LogP contribution in [-0.4, -0.2) is 45.8 Å². The Hall–Kier alpha value is -2.28. The molecule has 1 aliphatic rings. The fraction of sp³-hybridized carbons (Fsp3) is 0.500. The molecule has 7 heteroatoms. The van der Waals surface area contributed by atoms with Crippen molar-refractivity contribution in [2.24, 2.45) is 5.92 Å². The third kappa shape index (κ3) is 3.56. The van der Waals surface area contributed by atoms with Crippen LogP contribution in [0.15, 0.2) is 36.9 Å². The second kappa shape index (κ2) is 7.31. The van der Waals surface area contributed by atoms with Gasteiger partial charge in [-0.05, 0) is 31.7 Å². The zero-order chi connectivity index (χ0) is 17.9. The molecular formula is C18H23FN4O2. The van der Waals surface area contributed by atoms with Gasteiger partial charge in [0, 0.05) is 32.3 Å². The average Bonchev–Trinajstić information content (AvgIpc) is 3.14. The Kier molecular flexibility index (Phi) is 5.13. The van der Waals surface area contributed by atoms with Crippen molar-refractivity contribution in [3.63, 3.8) is 0 Å². The molecule has 1 saturated heterocycles. The predicted octanol–water partition coefficient (Wildman–Crippen LogP) is 2.22. The number of carbonyl (C=O) groups is 1. The van der Waals surface area contributed by atoms with Crippen LogP contribution < -0.4 is 0 Å². The summed E-state index contributed by atoms with van der Waals surface area (Å²) in [5, 5.41) is 4.13. The minimum atomic E-state index is -1.33. The van der Waals surface area contributed by atoms with Gasteiger partial charge in [0.15, 0.2) is 5.60 Å². The quantitative estimate of drug-likeness (QED) is 0.833. The normalized spacial score (nSPS) is 20.3. The Morgan fingerprint density at radius 2 is 2.24 bits per heavy atom. The highest BCUT2D eigenvalue weighted by Crippen LogP contribution is 2.31. The molecule has 0 N–H and O–H groups in total. The molecule has 2 heterocycles. The van der Waals surface area contributed by atoms with Crippen LogP contribution in [-0.2, 0) is 21.7 Å². The van der Waals surface area contributed by atoms with E-state index < -0.39 is 11.4 Å². The number of rotatable bonds is 5. The molecule has 0 spiro atoms. The highest BCUT2D eigenvalue weighted by molar-refractivity contribution is 5.86. The fourth-order valence-corrected chi connectivity index (χ4v) is 3.45. The topological polar surface area (TPSA) is 60.2 Å². The summed E-state index contributed by atoms with van der Waals surface area (Å²) in [6, 6.07) is 6.28. The highest BCUT2D eigenvalue weighted by Gasteiger charge is 2.41. The van der Waals surface area contributed by atoms with Crippen LogP contribution in [0.3, 0.4) is 0 Å². The van der Waals surface area contributed by atoms with Crippen molar-refractivity contribution in [3.05, 3.63) is 48.3 Å².